The second-order valence-corrected chi connectivity index (χ2v) is 4.02. The van der Waals surface area contributed by atoms with E-state index in [2.05, 4.69) is 20.9 Å². The van der Waals surface area contributed by atoms with Gasteiger partial charge in [-0.25, -0.2) is 4.98 Å². The summed E-state index contributed by atoms with van der Waals surface area (Å²) >= 11 is 5.01. The molecular formula is C9H8BrNOS. The van der Waals surface area contributed by atoms with Crippen LogP contribution in [-0.4, -0.2) is 11.2 Å². The van der Waals surface area contributed by atoms with Gasteiger partial charge in [0.15, 0.2) is 5.58 Å². The number of thioether (sulfide) groups is 1. The molecule has 0 aliphatic heterocycles. The van der Waals surface area contributed by atoms with Crippen LogP contribution in [0.25, 0.3) is 11.1 Å². The van der Waals surface area contributed by atoms with E-state index in [0.717, 1.165) is 17.0 Å². The molecule has 2 aromatic rings. The van der Waals surface area contributed by atoms with Crippen molar-refractivity contribution in [1.29, 1.82) is 0 Å². The molecule has 0 radical (unpaired) electrons. The van der Waals surface area contributed by atoms with Gasteiger partial charge in [0.1, 0.15) is 5.52 Å². The zero-order valence-electron chi connectivity index (χ0n) is 7.08. The van der Waals surface area contributed by atoms with Crippen molar-refractivity contribution in [3.63, 3.8) is 0 Å². The number of aromatic nitrogens is 1. The van der Waals surface area contributed by atoms with Gasteiger partial charge in [-0.15, -0.1) is 11.8 Å². The number of hydrogen-bond donors (Lipinski definition) is 0. The predicted octanol–water partition coefficient (Wildman–Crippen LogP) is 3.44. The van der Waals surface area contributed by atoms with E-state index < -0.39 is 0 Å². The van der Waals surface area contributed by atoms with Crippen LogP contribution < -0.4 is 0 Å². The van der Waals surface area contributed by atoms with Crippen molar-refractivity contribution in [2.45, 2.75) is 10.2 Å². The molecule has 0 aliphatic rings. The van der Waals surface area contributed by atoms with E-state index in [1.54, 1.807) is 11.8 Å². The first-order chi connectivity index (χ1) is 6.33. The molecule has 0 saturated heterocycles. The molecule has 0 N–H and O–H groups in total. The van der Waals surface area contributed by atoms with Crippen LogP contribution >= 0.6 is 27.7 Å². The van der Waals surface area contributed by atoms with Gasteiger partial charge in [0.2, 0.25) is 5.89 Å². The van der Waals surface area contributed by atoms with Crippen LogP contribution in [0.15, 0.2) is 27.5 Å². The molecule has 0 bridgehead atoms. The Morgan fingerprint density at radius 2 is 2.38 bits per heavy atom. The average molecular weight is 258 g/mol. The molecule has 0 amide bonds. The summed E-state index contributed by atoms with van der Waals surface area (Å²) in [5, 5.41) is 0.663. The van der Waals surface area contributed by atoms with Crippen molar-refractivity contribution in [1.82, 2.24) is 4.98 Å². The van der Waals surface area contributed by atoms with Gasteiger partial charge in [-0.2, -0.15) is 0 Å². The molecule has 0 spiro atoms. The van der Waals surface area contributed by atoms with Gasteiger partial charge in [0.05, 0.1) is 5.33 Å². The van der Waals surface area contributed by atoms with Gasteiger partial charge < -0.3 is 4.42 Å². The fourth-order valence-electron chi connectivity index (χ4n) is 1.14. The topological polar surface area (TPSA) is 26.0 Å². The van der Waals surface area contributed by atoms with Crippen LogP contribution in [0.5, 0.6) is 0 Å². The Hall–Kier alpha value is -0.480. The van der Waals surface area contributed by atoms with Crippen molar-refractivity contribution in [3.05, 3.63) is 24.1 Å². The van der Waals surface area contributed by atoms with E-state index in [1.165, 1.54) is 4.90 Å². The van der Waals surface area contributed by atoms with Gasteiger partial charge >= 0.3 is 0 Å². The number of fused-ring (bicyclic) bond motifs is 1. The molecule has 4 heteroatoms. The number of nitrogens with zero attached hydrogens (tertiary/aromatic N) is 1. The van der Waals surface area contributed by atoms with Gasteiger partial charge in [-0.1, -0.05) is 15.9 Å². The Kier molecular flexibility index (Phi) is 2.60. The second kappa shape index (κ2) is 3.72. The predicted molar refractivity (Wildman–Crippen MR) is 58.4 cm³/mol. The van der Waals surface area contributed by atoms with Crippen molar-refractivity contribution >= 4 is 38.8 Å². The number of hydrogen-bond acceptors (Lipinski definition) is 3. The highest BCUT2D eigenvalue weighted by Gasteiger charge is 2.04. The lowest BCUT2D eigenvalue weighted by atomic mass is 10.3. The SMILES string of the molecule is CSc1ccc2nc(CBr)oc2c1. The fourth-order valence-corrected chi connectivity index (χ4v) is 1.81. The molecule has 68 valence electrons. The summed E-state index contributed by atoms with van der Waals surface area (Å²) < 4.78 is 5.49. The summed E-state index contributed by atoms with van der Waals surface area (Å²) in [5.74, 6) is 0.730. The first-order valence-corrected chi connectivity index (χ1v) is 6.17. The van der Waals surface area contributed by atoms with Crippen molar-refractivity contribution in [3.8, 4) is 0 Å². The minimum absolute atomic E-state index is 0.663. The molecule has 2 rings (SSSR count). The standard InChI is InChI=1S/C9H8BrNOS/c1-13-6-2-3-7-8(4-6)12-9(5-10)11-7/h2-4H,5H2,1H3. The highest BCUT2D eigenvalue weighted by atomic mass is 79.9. The maximum Gasteiger partial charge on any atom is 0.206 e. The third-order valence-corrected chi connectivity index (χ3v) is 2.96. The molecule has 2 nitrogen and oxygen atoms in total. The van der Waals surface area contributed by atoms with Crippen LogP contribution in [0.4, 0.5) is 0 Å². The smallest absolute Gasteiger partial charge is 0.206 e. The van der Waals surface area contributed by atoms with E-state index in [4.69, 9.17) is 4.42 Å². The molecule has 0 unspecified atom stereocenters. The molecule has 13 heavy (non-hydrogen) atoms. The molecule has 0 saturated carbocycles. The molecule has 0 atom stereocenters. The van der Waals surface area contributed by atoms with Gasteiger partial charge in [-0.05, 0) is 24.5 Å². The van der Waals surface area contributed by atoms with Crippen LogP contribution in [0.2, 0.25) is 0 Å². The molecule has 1 aromatic carbocycles. The van der Waals surface area contributed by atoms with Crippen molar-refractivity contribution in [2.75, 3.05) is 6.26 Å². The molecule has 1 heterocycles. The zero-order chi connectivity index (χ0) is 9.26. The van der Waals surface area contributed by atoms with Crippen molar-refractivity contribution < 1.29 is 4.42 Å². The summed E-state index contributed by atoms with van der Waals surface area (Å²) in [6, 6.07) is 6.05. The zero-order valence-corrected chi connectivity index (χ0v) is 9.48. The normalized spacial score (nSPS) is 10.9. The quantitative estimate of drug-likeness (QED) is 0.609. The Balaban J connectivity index is 2.57. The average Bonchev–Trinajstić information content (AvgIpc) is 2.58. The molecule has 1 aromatic heterocycles. The van der Waals surface area contributed by atoms with Gasteiger partial charge in [0.25, 0.3) is 0 Å². The number of rotatable bonds is 2. The Bertz CT molecular complexity index is 424. The van der Waals surface area contributed by atoms with Crippen LogP contribution in [-0.2, 0) is 5.33 Å². The van der Waals surface area contributed by atoms with E-state index in [-0.39, 0.29) is 0 Å². The lowest BCUT2D eigenvalue weighted by Gasteiger charge is -1.92. The number of benzene rings is 1. The van der Waals surface area contributed by atoms with E-state index >= 15 is 0 Å². The van der Waals surface area contributed by atoms with Gasteiger partial charge in [-0.3, -0.25) is 0 Å². The van der Waals surface area contributed by atoms with E-state index in [9.17, 15) is 0 Å². The summed E-state index contributed by atoms with van der Waals surface area (Å²) in [5.41, 5.74) is 1.79. The Labute approximate surface area is 88.8 Å². The Morgan fingerprint density at radius 3 is 3.08 bits per heavy atom. The summed E-state index contributed by atoms with van der Waals surface area (Å²) in [6.07, 6.45) is 2.04. The highest BCUT2D eigenvalue weighted by Crippen LogP contribution is 2.23. The molecule has 0 aliphatic carbocycles. The van der Waals surface area contributed by atoms with Crippen LogP contribution in [0.3, 0.4) is 0 Å². The van der Waals surface area contributed by atoms with E-state index in [1.807, 2.05) is 24.5 Å². The Morgan fingerprint density at radius 1 is 1.54 bits per heavy atom. The summed E-state index contributed by atoms with van der Waals surface area (Å²) in [7, 11) is 0. The second-order valence-electron chi connectivity index (χ2n) is 2.57. The minimum Gasteiger partial charge on any atom is -0.440 e. The van der Waals surface area contributed by atoms with Gasteiger partial charge in [0, 0.05) is 4.90 Å². The lowest BCUT2D eigenvalue weighted by Crippen LogP contribution is -1.72. The highest BCUT2D eigenvalue weighted by molar-refractivity contribution is 9.08. The maximum absolute atomic E-state index is 5.49. The van der Waals surface area contributed by atoms with Crippen molar-refractivity contribution in [2.24, 2.45) is 0 Å². The number of alkyl halides is 1. The third-order valence-electron chi connectivity index (χ3n) is 1.75. The van der Waals surface area contributed by atoms with Crippen LogP contribution in [0, 0.1) is 0 Å². The molecule has 0 fully saturated rings. The van der Waals surface area contributed by atoms with Crippen LogP contribution in [0.1, 0.15) is 5.89 Å². The fraction of sp³-hybridized carbons (Fsp3) is 0.222. The first-order valence-electron chi connectivity index (χ1n) is 3.83. The largest absolute Gasteiger partial charge is 0.440 e. The maximum atomic E-state index is 5.49. The summed E-state index contributed by atoms with van der Waals surface area (Å²) in [6.45, 7) is 0. The molecular weight excluding hydrogens is 250 g/mol. The van der Waals surface area contributed by atoms with E-state index in [0.29, 0.717) is 5.33 Å². The summed E-state index contributed by atoms with van der Waals surface area (Å²) in [4.78, 5) is 5.48. The number of halogens is 1. The first kappa shape index (κ1) is 9.09. The monoisotopic (exact) mass is 257 g/mol. The third kappa shape index (κ3) is 1.74. The minimum atomic E-state index is 0.663. The number of oxazole rings is 1. The lowest BCUT2D eigenvalue weighted by molar-refractivity contribution is 0.557.